The summed E-state index contributed by atoms with van der Waals surface area (Å²) < 4.78 is 63.0. The van der Waals surface area contributed by atoms with Crippen LogP contribution < -0.4 is 4.74 Å². The molecule has 1 aromatic carbocycles. The second kappa shape index (κ2) is 11.4. The van der Waals surface area contributed by atoms with E-state index in [1.165, 1.54) is 19.1 Å². The zero-order valence-corrected chi connectivity index (χ0v) is 16.9. The minimum atomic E-state index is -4.76. The fourth-order valence-corrected chi connectivity index (χ4v) is 3.87. The lowest BCUT2D eigenvalue weighted by Crippen LogP contribution is -2.30. The number of nitrogens with zero attached hydrogens (tertiary/aromatic N) is 1. The Labute approximate surface area is 162 Å². The number of carbonyl (C=O) groups is 1. The predicted molar refractivity (Wildman–Crippen MR) is 95.6 cm³/mol. The molecule has 0 aliphatic heterocycles. The monoisotopic (exact) mass is 427 g/mol. The van der Waals surface area contributed by atoms with Gasteiger partial charge in [-0.2, -0.15) is 0 Å². The first-order valence-corrected chi connectivity index (χ1v) is 10.4. The molecule has 1 amide bonds. The Balaban J connectivity index is 2.54. The van der Waals surface area contributed by atoms with Crippen LogP contribution in [0.25, 0.3) is 0 Å². The van der Waals surface area contributed by atoms with Crippen LogP contribution in [-0.2, 0) is 29.9 Å². The fraction of sp³-hybridized carbons (Fsp3) is 0.588. The molecule has 0 aliphatic rings. The number of ether oxygens (including phenoxy) is 1. The Kier molecular flexibility index (Phi) is 9.95. The van der Waals surface area contributed by atoms with Gasteiger partial charge in [-0.05, 0) is 38.0 Å². The Hall–Kier alpha value is -1.61. The zero-order valence-electron chi connectivity index (χ0n) is 16.0. The minimum absolute atomic E-state index is 0.0273. The molecular formula is C17H25F3NO6P. The minimum Gasteiger partial charge on any atom is -0.406 e. The van der Waals surface area contributed by atoms with Crippen LogP contribution in [0.3, 0.4) is 0 Å². The van der Waals surface area contributed by atoms with Crippen molar-refractivity contribution >= 4 is 13.5 Å². The van der Waals surface area contributed by atoms with E-state index in [0.717, 1.165) is 17.2 Å². The first-order valence-electron chi connectivity index (χ1n) is 8.72. The van der Waals surface area contributed by atoms with E-state index in [2.05, 4.69) is 4.74 Å². The van der Waals surface area contributed by atoms with Crippen LogP contribution in [0.4, 0.5) is 13.2 Å². The van der Waals surface area contributed by atoms with Gasteiger partial charge in [0.1, 0.15) is 12.4 Å². The highest BCUT2D eigenvalue weighted by molar-refractivity contribution is 7.53. The smallest absolute Gasteiger partial charge is 0.406 e. The lowest BCUT2D eigenvalue weighted by atomic mass is 10.2. The summed E-state index contributed by atoms with van der Waals surface area (Å²) in [4.78, 5) is 17.1. The largest absolute Gasteiger partial charge is 0.573 e. The normalized spacial score (nSPS) is 12.1. The maximum absolute atomic E-state index is 12.4. The van der Waals surface area contributed by atoms with Crippen LogP contribution in [0.5, 0.6) is 5.75 Å². The van der Waals surface area contributed by atoms with Crippen molar-refractivity contribution in [2.24, 2.45) is 0 Å². The highest BCUT2D eigenvalue weighted by Crippen LogP contribution is 2.48. The molecule has 1 aromatic rings. The van der Waals surface area contributed by atoms with Gasteiger partial charge in [0.05, 0.1) is 19.4 Å². The molecule has 0 heterocycles. The molecule has 0 spiro atoms. The van der Waals surface area contributed by atoms with E-state index in [9.17, 15) is 22.5 Å². The Bertz CT molecular complexity index is 643. The molecule has 0 bridgehead atoms. The Morgan fingerprint density at radius 1 is 1.11 bits per heavy atom. The van der Waals surface area contributed by atoms with E-state index < -0.39 is 14.0 Å². The van der Waals surface area contributed by atoms with E-state index in [1.807, 2.05) is 0 Å². The fourth-order valence-electron chi connectivity index (χ4n) is 2.22. The van der Waals surface area contributed by atoms with Crippen molar-refractivity contribution in [3.05, 3.63) is 29.8 Å². The molecule has 0 fully saturated rings. The Morgan fingerprint density at radius 3 is 2.14 bits per heavy atom. The van der Waals surface area contributed by atoms with Crippen LogP contribution in [-0.4, -0.2) is 43.3 Å². The lowest BCUT2D eigenvalue weighted by molar-refractivity contribution is -0.274. The average molecular weight is 427 g/mol. The number of alkyl halides is 3. The molecule has 0 radical (unpaired) electrons. The van der Waals surface area contributed by atoms with Crippen molar-refractivity contribution in [1.29, 1.82) is 0 Å². The number of hydroxylamine groups is 2. The van der Waals surface area contributed by atoms with E-state index in [-0.39, 0.29) is 44.2 Å². The zero-order chi connectivity index (χ0) is 21.2. The van der Waals surface area contributed by atoms with Gasteiger partial charge in [0.15, 0.2) is 0 Å². The van der Waals surface area contributed by atoms with E-state index in [1.54, 1.807) is 13.8 Å². The number of hydrogen-bond donors (Lipinski definition) is 0. The molecular weight excluding hydrogens is 402 g/mol. The van der Waals surface area contributed by atoms with E-state index in [4.69, 9.17) is 13.9 Å². The van der Waals surface area contributed by atoms with Crippen molar-refractivity contribution < 1.29 is 41.2 Å². The molecule has 0 saturated carbocycles. The quantitative estimate of drug-likeness (QED) is 0.361. The van der Waals surface area contributed by atoms with E-state index >= 15 is 0 Å². The summed E-state index contributed by atoms with van der Waals surface area (Å²) in [5.74, 6) is -0.707. The molecule has 0 saturated heterocycles. The first kappa shape index (κ1) is 24.4. The molecule has 0 atom stereocenters. The maximum Gasteiger partial charge on any atom is 0.573 e. The van der Waals surface area contributed by atoms with Gasteiger partial charge in [0, 0.05) is 13.5 Å². The van der Waals surface area contributed by atoms with Gasteiger partial charge in [-0.25, -0.2) is 5.06 Å². The van der Waals surface area contributed by atoms with Crippen molar-refractivity contribution in [1.82, 2.24) is 5.06 Å². The second-order valence-electron chi connectivity index (χ2n) is 5.61. The van der Waals surface area contributed by atoms with Crippen LogP contribution in [0.15, 0.2) is 24.3 Å². The van der Waals surface area contributed by atoms with Crippen LogP contribution in [0.1, 0.15) is 32.8 Å². The summed E-state index contributed by atoms with van der Waals surface area (Å²) >= 11 is 0. The highest BCUT2D eigenvalue weighted by Gasteiger charge is 2.31. The van der Waals surface area contributed by atoms with Gasteiger partial charge in [-0.1, -0.05) is 12.1 Å². The molecule has 0 aliphatic carbocycles. The molecule has 11 heteroatoms. The maximum atomic E-state index is 12.4. The van der Waals surface area contributed by atoms with Crippen LogP contribution >= 0.6 is 7.60 Å². The number of halogens is 3. The number of hydrogen-bond acceptors (Lipinski definition) is 6. The van der Waals surface area contributed by atoms with Gasteiger partial charge >= 0.3 is 14.0 Å². The summed E-state index contributed by atoms with van der Waals surface area (Å²) in [5, 5.41) is 1.10. The standard InChI is InChI=1S/C17H25F3NO6P/c1-4-25-28(23,26-5-2)12-6-11-21(14(3)22)24-13-15-7-9-16(10-8-15)27-17(18,19)20/h7-10H,4-6,11-13H2,1-3H3. The summed E-state index contributed by atoms with van der Waals surface area (Å²) in [7, 11) is -3.21. The first-order chi connectivity index (χ1) is 13.1. The SMILES string of the molecule is CCOP(=O)(CCCN(OCc1ccc(OC(F)(F)F)cc1)C(C)=O)OCC. The molecule has 0 aromatic heterocycles. The van der Waals surface area contributed by atoms with Crippen molar-refractivity contribution in [3.8, 4) is 5.75 Å². The van der Waals surface area contributed by atoms with Gasteiger partial charge in [-0.3, -0.25) is 14.2 Å². The molecule has 28 heavy (non-hydrogen) atoms. The number of amides is 1. The van der Waals surface area contributed by atoms with Crippen molar-refractivity contribution in [3.63, 3.8) is 0 Å². The van der Waals surface area contributed by atoms with Crippen molar-refractivity contribution in [2.45, 2.75) is 40.2 Å². The third-order valence-electron chi connectivity index (χ3n) is 3.34. The molecule has 7 nitrogen and oxygen atoms in total. The summed E-state index contributed by atoms with van der Waals surface area (Å²) in [6.45, 7) is 5.36. The molecule has 0 unspecified atom stereocenters. The summed E-state index contributed by atoms with van der Waals surface area (Å²) in [6.07, 6.45) is -4.30. The van der Waals surface area contributed by atoms with Crippen LogP contribution in [0, 0.1) is 0 Å². The topological polar surface area (TPSA) is 74.3 Å². The second-order valence-corrected chi connectivity index (χ2v) is 7.80. The number of carbonyl (C=O) groups excluding carboxylic acids is 1. The van der Waals surface area contributed by atoms with E-state index in [0.29, 0.717) is 12.0 Å². The molecule has 0 N–H and O–H groups in total. The van der Waals surface area contributed by atoms with Gasteiger partial charge in [0.25, 0.3) is 0 Å². The van der Waals surface area contributed by atoms with Crippen LogP contribution in [0.2, 0.25) is 0 Å². The molecule has 1 rings (SSSR count). The average Bonchev–Trinajstić information content (AvgIpc) is 2.58. The lowest BCUT2D eigenvalue weighted by Gasteiger charge is -2.22. The molecule has 160 valence electrons. The number of benzene rings is 1. The third-order valence-corrected chi connectivity index (χ3v) is 5.51. The third kappa shape index (κ3) is 9.54. The summed E-state index contributed by atoms with van der Waals surface area (Å²) in [6, 6.07) is 5.12. The van der Waals surface area contributed by atoms with Gasteiger partial charge in [-0.15, -0.1) is 13.2 Å². The van der Waals surface area contributed by atoms with Crippen molar-refractivity contribution in [2.75, 3.05) is 25.9 Å². The Morgan fingerprint density at radius 2 is 1.68 bits per heavy atom. The summed E-state index contributed by atoms with van der Waals surface area (Å²) in [5.41, 5.74) is 0.551. The predicted octanol–water partition coefficient (Wildman–Crippen LogP) is 4.52. The van der Waals surface area contributed by atoms with Gasteiger partial charge < -0.3 is 13.8 Å². The van der Waals surface area contributed by atoms with Gasteiger partial charge in [0.2, 0.25) is 5.91 Å². The number of rotatable bonds is 12. The highest BCUT2D eigenvalue weighted by atomic mass is 31.2.